The molecule has 0 bridgehead atoms. The summed E-state index contributed by atoms with van der Waals surface area (Å²) in [5.74, 6) is -1.38. The van der Waals surface area contributed by atoms with Crippen molar-refractivity contribution in [2.45, 2.75) is 24.7 Å². The molecule has 0 saturated heterocycles. The summed E-state index contributed by atoms with van der Waals surface area (Å²) in [6, 6.07) is 19.9. The molecule has 2 N–H and O–H groups in total. The normalized spacial score (nSPS) is 11.4. The van der Waals surface area contributed by atoms with Crippen LogP contribution < -0.4 is 9.46 Å². The van der Waals surface area contributed by atoms with E-state index >= 15 is 0 Å². The van der Waals surface area contributed by atoms with Crippen molar-refractivity contribution in [2.75, 3.05) is 11.8 Å². The van der Waals surface area contributed by atoms with Gasteiger partial charge in [0, 0.05) is 27.6 Å². The number of carbonyl (C=O) groups is 1. The lowest BCUT2D eigenvalue weighted by Crippen LogP contribution is -2.15. The fraction of sp³-hybridized carbons (Fsp3) is 0.148. The summed E-state index contributed by atoms with van der Waals surface area (Å²) >= 11 is 0. The summed E-state index contributed by atoms with van der Waals surface area (Å²) in [7, 11) is -2.60. The van der Waals surface area contributed by atoms with Gasteiger partial charge in [-0.2, -0.15) is 0 Å². The molecule has 8 heteroatoms. The number of hydrogen-bond donors (Lipinski definition) is 2. The second-order valence-corrected chi connectivity index (χ2v) is 9.64. The minimum atomic E-state index is -4.15. The maximum Gasteiger partial charge on any atom is 0.307 e. The molecule has 6 nitrogen and oxygen atoms in total. The summed E-state index contributed by atoms with van der Waals surface area (Å²) in [5.41, 5.74) is 2.48. The zero-order valence-electron chi connectivity index (χ0n) is 19.2. The lowest BCUT2D eigenvalue weighted by molar-refractivity contribution is -0.136. The number of carboxylic acids is 1. The maximum atomic E-state index is 14.0. The summed E-state index contributed by atoms with van der Waals surface area (Å²) in [4.78, 5) is 11.1. The molecular formula is C27H24FNO5S. The van der Waals surface area contributed by atoms with Crippen molar-refractivity contribution in [1.29, 1.82) is 0 Å². The molecule has 0 saturated carbocycles. The van der Waals surface area contributed by atoms with Gasteiger partial charge in [-0.15, -0.1) is 0 Å². The Morgan fingerprint density at radius 1 is 0.943 bits per heavy atom. The molecule has 0 fully saturated rings. The highest BCUT2D eigenvalue weighted by atomic mass is 32.2. The standard InChI is InChI=1S/C27H24FNO5S/c1-3-17-8-4-5-9-20(17)23-16-25(21-10-6-7-11-22(21)27(23)34-2)35(32,33)29-19-12-13-24(28)18(14-19)15-26(30)31/h4-14,16,29H,3,15H2,1-2H3,(H,30,31). The van der Waals surface area contributed by atoms with Crippen LogP contribution in [0.3, 0.4) is 0 Å². The second kappa shape index (κ2) is 9.76. The Morgan fingerprint density at radius 3 is 2.31 bits per heavy atom. The minimum Gasteiger partial charge on any atom is -0.495 e. The number of methoxy groups -OCH3 is 1. The van der Waals surface area contributed by atoms with Gasteiger partial charge >= 0.3 is 5.97 Å². The number of hydrogen-bond acceptors (Lipinski definition) is 4. The first-order valence-electron chi connectivity index (χ1n) is 11.0. The lowest BCUT2D eigenvalue weighted by Gasteiger charge is -2.18. The first kappa shape index (κ1) is 24.2. The summed E-state index contributed by atoms with van der Waals surface area (Å²) in [6.45, 7) is 2.02. The summed E-state index contributed by atoms with van der Waals surface area (Å²) in [5, 5.41) is 10.1. The molecule has 180 valence electrons. The number of carboxylic acid groups (broad SMARTS) is 1. The largest absolute Gasteiger partial charge is 0.495 e. The first-order chi connectivity index (χ1) is 16.7. The SMILES string of the molecule is CCc1ccccc1-c1cc(S(=O)(=O)Nc2ccc(F)c(CC(=O)O)c2)c2ccccc2c1OC. The molecule has 4 aromatic rings. The Morgan fingerprint density at radius 2 is 1.63 bits per heavy atom. The van der Waals surface area contributed by atoms with E-state index in [0.717, 1.165) is 23.6 Å². The van der Waals surface area contributed by atoms with E-state index < -0.39 is 28.2 Å². The fourth-order valence-corrected chi connectivity index (χ4v) is 5.48. The van der Waals surface area contributed by atoms with Crippen LogP contribution >= 0.6 is 0 Å². The zero-order chi connectivity index (χ0) is 25.2. The van der Waals surface area contributed by atoms with Crippen LogP contribution in [0, 0.1) is 5.82 Å². The third-order valence-electron chi connectivity index (χ3n) is 5.78. The molecule has 4 aromatic carbocycles. The quantitative estimate of drug-likeness (QED) is 0.331. The Kier molecular flexibility index (Phi) is 6.75. The molecule has 35 heavy (non-hydrogen) atoms. The fourth-order valence-electron chi connectivity index (χ4n) is 4.20. The van der Waals surface area contributed by atoms with E-state index in [0.29, 0.717) is 22.1 Å². The van der Waals surface area contributed by atoms with E-state index in [1.807, 2.05) is 37.3 Å². The van der Waals surface area contributed by atoms with Crippen molar-refractivity contribution >= 4 is 32.5 Å². The Labute approximate surface area is 203 Å². The second-order valence-electron chi connectivity index (χ2n) is 7.99. The molecule has 0 aliphatic rings. The predicted octanol–water partition coefficient (Wildman–Crippen LogP) is 5.64. The number of anilines is 1. The van der Waals surface area contributed by atoms with E-state index in [2.05, 4.69) is 4.72 Å². The van der Waals surface area contributed by atoms with Gasteiger partial charge in [0.15, 0.2) is 0 Å². The third-order valence-corrected chi connectivity index (χ3v) is 7.20. The van der Waals surface area contributed by atoms with Gasteiger partial charge in [-0.05, 0) is 41.8 Å². The predicted molar refractivity (Wildman–Crippen MR) is 134 cm³/mol. The van der Waals surface area contributed by atoms with Crippen LogP contribution in [0.2, 0.25) is 0 Å². The molecule has 4 rings (SSSR count). The molecule has 0 atom stereocenters. The summed E-state index contributed by atoms with van der Waals surface area (Å²) < 4.78 is 49.5. The molecule has 0 radical (unpaired) electrons. The highest BCUT2D eigenvalue weighted by Gasteiger charge is 2.24. The minimum absolute atomic E-state index is 0.0268. The van der Waals surface area contributed by atoms with Gasteiger partial charge in [0.1, 0.15) is 11.6 Å². The van der Waals surface area contributed by atoms with Gasteiger partial charge in [-0.3, -0.25) is 9.52 Å². The number of ether oxygens (including phenoxy) is 1. The average molecular weight is 494 g/mol. The molecule has 0 spiro atoms. The van der Waals surface area contributed by atoms with Gasteiger partial charge in [0.25, 0.3) is 10.0 Å². The molecule has 0 aliphatic carbocycles. The zero-order valence-corrected chi connectivity index (χ0v) is 20.0. The van der Waals surface area contributed by atoms with Gasteiger partial charge in [-0.25, -0.2) is 12.8 Å². The van der Waals surface area contributed by atoms with E-state index in [4.69, 9.17) is 9.84 Å². The number of nitrogens with one attached hydrogen (secondary N) is 1. The molecule has 0 amide bonds. The van der Waals surface area contributed by atoms with E-state index in [-0.39, 0.29) is 16.1 Å². The lowest BCUT2D eigenvalue weighted by atomic mass is 9.94. The van der Waals surface area contributed by atoms with E-state index in [9.17, 15) is 17.6 Å². The smallest absolute Gasteiger partial charge is 0.307 e. The van der Waals surface area contributed by atoms with Crippen molar-refractivity contribution in [2.24, 2.45) is 0 Å². The van der Waals surface area contributed by atoms with Crippen LogP contribution in [0.5, 0.6) is 5.75 Å². The third kappa shape index (κ3) is 4.83. The van der Waals surface area contributed by atoms with Gasteiger partial charge in [-0.1, -0.05) is 55.5 Å². The Balaban J connectivity index is 1.91. The van der Waals surface area contributed by atoms with Crippen LogP contribution in [0.4, 0.5) is 10.1 Å². The maximum absolute atomic E-state index is 14.0. The topological polar surface area (TPSA) is 92.7 Å². The van der Waals surface area contributed by atoms with Crippen LogP contribution in [0.25, 0.3) is 21.9 Å². The number of benzene rings is 4. The van der Waals surface area contributed by atoms with Crippen molar-refractivity contribution < 1.29 is 27.4 Å². The summed E-state index contributed by atoms with van der Waals surface area (Å²) in [6.07, 6.45) is 0.180. The van der Waals surface area contributed by atoms with Gasteiger partial charge < -0.3 is 9.84 Å². The number of aliphatic carboxylic acids is 1. The molecular weight excluding hydrogens is 469 g/mol. The van der Waals surface area contributed by atoms with Crippen LogP contribution in [-0.4, -0.2) is 26.6 Å². The number of sulfonamides is 1. The monoisotopic (exact) mass is 493 g/mol. The number of halogens is 1. The first-order valence-corrected chi connectivity index (χ1v) is 12.4. The van der Waals surface area contributed by atoms with E-state index in [1.54, 1.807) is 31.4 Å². The highest BCUT2D eigenvalue weighted by molar-refractivity contribution is 7.93. The Hall–Kier alpha value is -3.91. The van der Waals surface area contributed by atoms with Crippen LogP contribution in [0.15, 0.2) is 77.7 Å². The Bertz CT molecular complexity index is 1530. The van der Waals surface area contributed by atoms with Crippen molar-refractivity contribution in [3.63, 3.8) is 0 Å². The van der Waals surface area contributed by atoms with Crippen molar-refractivity contribution in [3.8, 4) is 16.9 Å². The molecule has 0 heterocycles. The van der Waals surface area contributed by atoms with Crippen LogP contribution in [-0.2, 0) is 27.7 Å². The van der Waals surface area contributed by atoms with Gasteiger partial charge in [0.05, 0.1) is 18.4 Å². The van der Waals surface area contributed by atoms with Gasteiger partial charge in [0.2, 0.25) is 0 Å². The average Bonchev–Trinajstić information content (AvgIpc) is 2.84. The molecule has 0 unspecified atom stereocenters. The highest BCUT2D eigenvalue weighted by Crippen LogP contribution is 2.42. The number of rotatable bonds is 8. The van der Waals surface area contributed by atoms with Crippen molar-refractivity contribution in [1.82, 2.24) is 0 Å². The molecule has 0 aliphatic heterocycles. The number of aryl methyl sites for hydroxylation is 1. The molecule has 0 aromatic heterocycles. The number of fused-ring (bicyclic) bond motifs is 1. The van der Waals surface area contributed by atoms with Crippen molar-refractivity contribution in [3.05, 3.63) is 89.7 Å². The van der Waals surface area contributed by atoms with E-state index in [1.165, 1.54) is 12.1 Å². The van der Waals surface area contributed by atoms with Crippen LogP contribution in [0.1, 0.15) is 18.1 Å².